The van der Waals surface area contributed by atoms with Crippen molar-refractivity contribution in [1.29, 1.82) is 0 Å². The molecule has 0 fully saturated rings. The molecule has 0 spiro atoms. The van der Waals surface area contributed by atoms with Crippen LogP contribution in [0.15, 0.2) is 29.3 Å². The summed E-state index contributed by atoms with van der Waals surface area (Å²) in [7, 11) is 1.76. The molecule has 0 aliphatic carbocycles. The first-order valence-corrected chi connectivity index (χ1v) is 9.60. The summed E-state index contributed by atoms with van der Waals surface area (Å²) < 4.78 is 5.54. The molecule has 0 aliphatic rings. The molecular formula is C20H35IN4O2. The number of rotatable bonds is 12. The van der Waals surface area contributed by atoms with Crippen molar-refractivity contribution in [3.05, 3.63) is 29.8 Å². The molecule has 0 aromatic heterocycles. The van der Waals surface area contributed by atoms with Crippen molar-refractivity contribution in [2.75, 3.05) is 32.1 Å². The number of anilines is 1. The number of hydrogen-bond donors (Lipinski definition) is 3. The Balaban J connectivity index is 0.00000676. The van der Waals surface area contributed by atoms with Crippen LogP contribution in [0.2, 0.25) is 0 Å². The number of carbonyl (C=O) groups excluding carboxylic acids is 1. The predicted molar refractivity (Wildman–Crippen MR) is 124 cm³/mol. The number of halogens is 1. The summed E-state index contributed by atoms with van der Waals surface area (Å²) in [6.45, 7) is 7.28. The molecule has 7 heteroatoms. The molecule has 27 heavy (non-hydrogen) atoms. The van der Waals surface area contributed by atoms with E-state index in [4.69, 9.17) is 4.74 Å². The molecule has 0 heterocycles. The average Bonchev–Trinajstić information content (AvgIpc) is 2.65. The van der Waals surface area contributed by atoms with E-state index in [-0.39, 0.29) is 29.9 Å². The fraction of sp³-hybridized carbons (Fsp3) is 0.600. The lowest BCUT2D eigenvalue weighted by Gasteiger charge is -2.12. The summed E-state index contributed by atoms with van der Waals surface area (Å²) in [6, 6.07) is 7.86. The van der Waals surface area contributed by atoms with Gasteiger partial charge in [0.15, 0.2) is 5.96 Å². The average molecular weight is 490 g/mol. The Morgan fingerprint density at radius 2 is 1.74 bits per heavy atom. The van der Waals surface area contributed by atoms with E-state index in [1.165, 1.54) is 6.42 Å². The van der Waals surface area contributed by atoms with Gasteiger partial charge in [0.25, 0.3) is 0 Å². The number of carbonyl (C=O) groups is 1. The third-order valence-corrected chi connectivity index (χ3v) is 3.80. The first kappa shape index (κ1) is 25.6. The minimum Gasteiger partial charge on any atom is -0.381 e. The van der Waals surface area contributed by atoms with E-state index in [0.29, 0.717) is 13.0 Å². The third kappa shape index (κ3) is 12.6. The summed E-state index contributed by atoms with van der Waals surface area (Å²) in [4.78, 5) is 15.8. The Hall–Kier alpha value is -1.35. The first-order valence-electron chi connectivity index (χ1n) is 9.60. The SMILES string of the molecule is CCCCOCCCNC(=NC)NCc1ccc(NC(=O)CCC)cc1.I. The summed E-state index contributed by atoms with van der Waals surface area (Å²) in [5.74, 6) is 0.834. The number of benzene rings is 1. The van der Waals surface area contributed by atoms with Crippen LogP contribution in [0.25, 0.3) is 0 Å². The van der Waals surface area contributed by atoms with Crippen molar-refractivity contribution >= 4 is 41.5 Å². The predicted octanol–water partition coefficient (Wildman–Crippen LogP) is 3.92. The topological polar surface area (TPSA) is 74.8 Å². The van der Waals surface area contributed by atoms with Gasteiger partial charge in [0, 0.05) is 45.5 Å². The van der Waals surface area contributed by atoms with Crippen LogP contribution in [0.5, 0.6) is 0 Å². The number of unbranched alkanes of at least 4 members (excludes halogenated alkanes) is 1. The van der Waals surface area contributed by atoms with Crippen LogP contribution in [0.3, 0.4) is 0 Å². The number of nitrogens with zero attached hydrogens (tertiary/aromatic N) is 1. The van der Waals surface area contributed by atoms with Gasteiger partial charge in [-0.2, -0.15) is 0 Å². The number of hydrogen-bond acceptors (Lipinski definition) is 3. The van der Waals surface area contributed by atoms with Crippen LogP contribution in [0.4, 0.5) is 5.69 Å². The van der Waals surface area contributed by atoms with Gasteiger partial charge in [-0.05, 0) is 37.0 Å². The van der Waals surface area contributed by atoms with Gasteiger partial charge >= 0.3 is 0 Å². The van der Waals surface area contributed by atoms with Gasteiger partial charge in [0.05, 0.1) is 0 Å². The first-order chi connectivity index (χ1) is 12.7. The summed E-state index contributed by atoms with van der Waals surface area (Å²) in [6.07, 6.45) is 4.65. The second-order valence-corrected chi connectivity index (χ2v) is 6.17. The third-order valence-electron chi connectivity index (χ3n) is 3.80. The highest BCUT2D eigenvalue weighted by Gasteiger charge is 2.02. The second-order valence-electron chi connectivity index (χ2n) is 6.17. The molecule has 0 saturated carbocycles. The zero-order valence-corrected chi connectivity index (χ0v) is 19.2. The van der Waals surface area contributed by atoms with Crippen LogP contribution < -0.4 is 16.0 Å². The highest BCUT2D eigenvalue weighted by atomic mass is 127. The molecule has 1 aromatic rings. The minimum atomic E-state index is 0. The molecule has 1 amide bonds. The molecule has 0 unspecified atom stereocenters. The van der Waals surface area contributed by atoms with Crippen molar-refractivity contribution in [2.45, 2.75) is 52.5 Å². The molecule has 0 radical (unpaired) electrons. The Bertz CT molecular complexity index is 535. The highest BCUT2D eigenvalue weighted by Crippen LogP contribution is 2.10. The minimum absolute atomic E-state index is 0. The molecule has 6 nitrogen and oxygen atoms in total. The number of aliphatic imine (C=N–C) groups is 1. The van der Waals surface area contributed by atoms with E-state index in [9.17, 15) is 4.79 Å². The Labute approximate surface area is 181 Å². The van der Waals surface area contributed by atoms with Crippen molar-refractivity contribution in [2.24, 2.45) is 4.99 Å². The number of guanidine groups is 1. The van der Waals surface area contributed by atoms with E-state index in [0.717, 1.165) is 56.2 Å². The molecule has 0 bridgehead atoms. The monoisotopic (exact) mass is 490 g/mol. The van der Waals surface area contributed by atoms with Crippen LogP contribution >= 0.6 is 24.0 Å². The van der Waals surface area contributed by atoms with Crippen LogP contribution in [0, 0.1) is 0 Å². The fourth-order valence-corrected chi connectivity index (χ4v) is 2.29. The lowest BCUT2D eigenvalue weighted by Crippen LogP contribution is -2.37. The van der Waals surface area contributed by atoms with Crippen LogP contribution in [0.1, 0.15) is 51.5 Å². The van der Waals surface area contributed by atoms with E-state index < -0.39 is 0 Å². The normalized spacial score (nSPS) is 10.9. The van der Waals surface area contributed by atoms with E-state index >= 15 is 0 Å². The van der Waals surface area contributed by atoms with Crippen molar-refractivity contribution in [1.82, 2.24) is 10.6 Å². The zero-order valence-electron chi connectivity index (χ0n) is 16.8. The number of nitrogens with one attached hydrogen (secondary N) is 3. The summed E-state index contributed by atoms with van der Waals surface area (Å²) in [5.41, 5.74) is 1.96. The van der Waals surface area contributed by atoms with Crippen LogP contribution in [-0.4, -0.2) is 38.7 Å². The standard InChI is InChI=1S/C20H34N4O2.HI/c1-4-6-14-26-15-7-13-22-20(21-3)23-16-17-9-11-18(12-10-17)24-19(25)8-5-2;/h9-12H,4-8,13-16H2,1-3H3,(H,24,25)(H2,21,22,23);1H. The van der Waals surface area contributed by atoms with Gasteiger partial charge in [-0.3, -0.25) is 9.79 Å². The lowest BCUT2D eigenvalue weighted by molar-refractivity contribution is -0.116. The molecule has 1 aromatic carbocycles. The van der Waals surface area contributed by atoms with E-state index in [1.54, 1.807) is 7.05 Å². The van der Waals surface area contributed by atoms with Gasteiger partial charge in [0.1, 0.15) is 0 Å². The van der Waals surface area contributed by atoms with Crippen molar-refractivity contribution in [3.8, 4) is 0 Å². The Morgan fingerprint density at radius 3 is 2.37 bits per heavy atom. The quantitative estimate of drug-likeness (QED) is 0.180. The molecule has 154 valence electrons. The maximum atomic E-state index is 11.6. The maximum Gasteiger partial charge on any atom is 0.224 e. The van der Waals surface area contributed by atoms with Crippen LogP contribution in [-0.2, 0) is 16.1 Å². The van der Waals surface area contributed by atoms with Crippen molar-refractivity contribution in [3.63, 3.8) is 0 Å². The molecular weight excluding hydrogens is 455 g/mol. The molecule has 0 aliphatic heterocycles. The molecule has 0 saturated heterocycles. The lowest BCUT2D eigenvalue weighted by atomic mass is 10.2. The molecule has 0 atom stereocenters. The van der Waals surface area contributed by atoms with Gasteiger partial charge in [-0.1, -0.05) is 32.4 Å². The number of amides is 1. The zero-order chi connectivity index (χ0) is 19.0. The summed E-state index contributed by atoms with van der Waals surface area (Å²) in [5, 5.41) is 9.46. The molecule has 3 N–H and O–H groups in total. The molecule has 1 rings (SSSR count). The van der Waals surface area contributed by atoms with Gasteiger partial charge in [0.2, 0.25) is 5.91 Å². The van der Waals surface area contributed by atoms with Crippen molar-refractivity contribution < 1.29 is 9.53 Å². The number of ether oxygens (including phenoxy) is 1. The smallest absolute Gasteiger partial charge is 0.224 e. The summed E-state index contributed by atoms with van der Waals surface area (Å²) >= 11 is 0. The fourth-order valence-electron chi connectivity index (χ4n) is 2.29. The second kappa shape index (κ2) is 16.8. The van der Waals surface area contributed by atoms with E-state index in [2.05, 4.69) is 27.9 Å². The highest BCUT2D eigenvalue weighted by molar-refractivity contribution is 14.0. The Morgan fingerprint density at radius 1 is 1.04 bits per heavy atom. The van der Waals surface area contributed by atoms with Gasteiger partial charge in [-0.25, -0.2) is 0 Å². The van der Waals surface area contributed by atoms with E-state index in [1.807, 2.05) is 31.2 Å². The Kier molecular flexibility index (Phi) is 16.0. The van der Waals surface area contributed by atoms with Gasteiger partial charge < -0.3 is 20.7 Å². The van der Waals surface area contributed by atoms with Gasteiger partial charge in [-0.15, -0.1) is 24.0 Å². The largest absolute Gasteiger partial charge is 0.381 e. The maximum absolute atomic E-state index is 11.6.